The van der Waals surface area contributed by atoms with Gasteiger partial charge in [-0.05, 0) is 59.0 Å². The maximum Gasteiger partial charge on any atom is 0.231 e. The molecule has 0 heterocycles. The molecule has 7 nitrogen and oxygen atoms in total. The van der Waals surface area contributed by atoms with E-state index in [1.54, 1.807) is 7.11 Å². The zero-order chi connectivity index (χ0) is 26.4. The minimum atomic E-state index is -1.00. The maximum absolute atomic E-state index is 12.9. The molecule has 0 aromatic heterocycles. The first kappa shape index (κ1) is 27.0. The van der Waals surface area contributed by atoms with Crippen molar-refractivity contribution >= 4 is 11.4 Å². The van der Waals surface area contributed by atoms with Crippen molar-refractivity contribution in [2.75, 3.05) is 51.7 Å². The van der Waals surface area contributed by atoms with Crippen LogP contribution in [0, 0.1) is 16.0 Å². The van der Waals surface area contributed by atoms with E-state index in [2.05, 4.69) is 0 Å². The first-order valence-corrected chi connectivity index (χ1v) is 12.1. The molecule has 0 fully saturated rings. The summed E-state index contributed by atoms with van der Waals surface area (Å²) in [4.78, 5) is 16.7. The third-order valence-electron chi connectivity index (χ3n) is 6.89. The van der Waals surface area contributed by atoms with E-state index in [1.165, 1.54) is 0 Å². The van der Waals surface area contributed by atoms with Crippen molar-refractivity contribution in [1.82, 2.24) is 0 Å². The molecule has 0 radical (unpaired) electrons. The van der Waals surface area contributed by atoms with Gasteiger partial charge in [0, 0.05) is 51.1 Å². The third-order valence-corrected chi connectivity index (χ3v) is 6.89. The fourth-order valence-corrected chi connectivity index (χ4v) is 4.81. The van der Waals surface area contributed by atoms with Crippen molar-refractivity contribution in [3.05, 3.63) is 99.6 Å². The molecular weight excluding hydrogens is 454 g/mol. The van der Waals surface area contributed by atoms with E-state index in [9.17, 15) is 15.2 Å². The number of aliphatic hydroxyl groups is 1. The van der Waals surface area contributed by atoms with Crippen LogP contribution in [0.5, 0.6) is 5.75 Å². The Morgan fingerprint density at radius 1 is 0.806 bits per heavy atom. The summed E-state index contributed by atoms with van der Waals surface area (Å²) in [6.07, 6.45) is 0. The zero-order valence-electron chi connectivity index (χ0n) is 22.0. The van der Waals surface area contributed by atoms with Gasteiger partial charge in [0.15, 0.2) is 0 Å². The van der Waals surface area contributed by atoms with Crippen LogP contribution in [0.15, 0.2) is 72.8 Å². The molecule has 0 aliphatic heterocycles. The summed E-state index contributed by atoms with van der Waals surface area (Å²) >= 11 is 0. The monoisotopic (exact) mass is 491 g/mol. The number of ether oxygens (including phenoxy) is 1. The van der Waals surface area contributed by atoms with E-state index in [4.69, 9.17) is 4.74 Å². The predicted octanol–water partition coefficient (Wildman–Crippen LogP) is 5.02. The molecule has 0 aliphatic rings. The van der Waals surface area contributed by atoms with Crippen molar-refractivity contribution in [2.24, 2.45) is 5.92 Å². The molecule has 36 heavy (non-hydrogen) atoms. The van der Waals surface area contributed by atoms with Crippen LogP contribution in [0.25, 0.3) is 0 Å². The number of methoxy groups -OCH3 is 1. The molecule has 3 aromatic rings. The van der Waals surface area contributed by atoms with Gasteiger partial charge in [-0.25, -0.2) is 0 Å². The van der Waals surface area contributed by atoms with Crippen molar-refractivity contribution in [3.8, 4) is 5.75 Å². The first-order chi connectivity index (χ1) is 17.2. The van der Waals surface area contributed by atoms with E-state index in [0.717, 1.165) is 28.1 Å². The van der Waals surface area contributed by atoms with Crippen LogP contribution < -0.4 is 14.5 Å². The lowest BCUT2D eigenvalue weighted by molar-refractivity contribution is -0.531. The van der Waals surface area contributed by atoms with E-state index in [0.29, 0.717) is 5.75 Å². The van der Waals surface area contributed by atoms with Gasteiger partial charge in [-0.1, -0.05) is 43.3 Å². The fraction of sp³-hybridized carbons (Fsp3) is 0.379. The Morgan fingerprint density at radius 2 is 1.22 bits per heavy atom. The van der Waals surface area contributed by atoms with Gasteiger partial charge in [0.2, 0.25) is 6.04 Å². The Hall–Kier alpha value is -3.58. The lowest BCUT2D eigenvalue weighted by atomic mass is 9.72. The summed E-state index contributed by atoms with van der Waals surface area (Å²) in [6.45, 7) is 1.71. The standard InChI is InChI=1S/C29H37N3O4/c1-20(19-33)27(21-11-17-26(36-6)18-12-21)29(32(34)35)28(22-7-13-24(14-8-22)30(2)3)23-9-15-25(16-10-23)31(4)5/h7-18,20,27-29,33H,19H2,1-6H3/t20-,27-,29+/m1/s1. The number of aliphatic hydroxyl groups excluding tert-OH is 1. The predicted molar refractivity (Wildman–Crippen MR) is 146 cm³/mol. The molecule has 0 bridgehead atoms. The molecule has 0 aliphatic carbocycles. The number of rotatable bonds is 11. The van der Waals surface area contributed by atoms with Crippen LogP contribution in [0.4, 0.5) is 11.4 Å². The lowest BCUT2D eigenvalue weighted by Gasteiger charge is -2.32. The highest BCUT2D eigenvalue weighted by Crippen LogP contribution is 2.42. The van der Waals surface area contributed by atoms with Crippen molar-refractivity contribution in [3.63, 3.8) is 0 Å². The number of nitrogens with zero attached hydrogens (tertiary/aromatic N) is 3. The highest BCUT2D eigenvalue weighted by molar-refractivity contribution is 5.51. The minimum Gasteiger partial charge on any atom is -0.497 e. The average Bonchev–Trinajstić information content (AvgIpc) is 2.88. The number of nitro groups is 1. The Balaban J connectivity index is 2.20. The molecule has 1 N–H and O–H groups in total. The second kappa shape index (κ2) is 11.9. The molecular formula is C29H37N3O4. The van der Waals surface area contributed by atoms with Gasteiger partial charge in [0.25, 0.3) is 0 Å². The van der Waals surface area contributed by atoms with Crippen LogP contribution in [-0.4, -0.2) is 58.0 Å². The smallest absolute Gasteiger partial charge is 0.231 e. The highest BCUT2D eigenvalue weighted by Gasteiger charge is 2.44. The number of anilines is 2. The molecule has 3 rings (SSSR count). The Morgan fingerprint density at radius 3 is 1.56 bits per heavy atom. The molecule has 0 amide bonds. The van der Waals surface area contributed by atoms with Gasteiger partial charge in [0.1, 0.15) is 5.75 Å². The van der Waals surface area contributed by atoms with Gasteiger partial charge in [-0.3, -0.25) is 10.1 Å². The number of hydrogen-bond acceptors (Lipinski definition) is 6. The molecule has 0 saturated heterocycles. The average molecular weight is 492 g/mol. The van der Waals surface area contributed by atoms with Gasteiger partial charge in [-0.2, -0.15) is 0 Å². The van der Waals surface area contributed by atoms with Gasteiger partial charge in [0.05, 0.1) is 18.9 Å². The fourth-order valence-electron chi connectivity index (χ4n) is 4.81. The first-order valence-electron chi connectivity index (χ1n) is 12.1. The van der Waals surface area contributed by atoms with E-state index in [1.807, 2.05) is 118 Å². The highest BCUT2D eigenvalue weighted by atomic mass is 16.6. The summed E-state index contributed by atoms with van der Waals surface area (Å²) in [5.74, 6) is -0.697. The van der Waals surface area contributed by atoms with E-state index in [-0.39, 0.29) is 17.4 Å². The third kappa shape index (κ3) is 5.97. The maximum atomic E-state index is 12.9. The number of benzene rings is 3. The lowest BCUT2D eigenvalue weighted by Crippen LogP contribution is -2.38. The van der Waals surface area contributed by atoms with Crippen LogP contribution >= 0.6 is 0 Å². The Kier molecular flexibility index (Phi) is 8.93. The summed E-state index contributed by atoms with van der Waals surface area (Å²) in [5, 5.41) is 23.0. The molecule has 3 atom stereocenters. The molecule has 0 spiro atoms. The largest absolute Gasteiger partial charge is 0.497 e. The van der Waals surface area contributed by atoms with Crippen LogP contribution in [0.3, 0.4) is 0 Å². The van der Waals surface area contributed by atoms with Crippen molar-refractivity contribution in [1.29, 1.82) is 0 Å². The van der Waals surface area contributed by atoms with Crippen molar-refractivity contribution < 1.29 is 14.8 Å². The minimum absolute atomic E-state index is 0.160. The second-order valence-corrected chi connectivity index (χ2v) is 9.68. The molecule has 7 heteroatoms. The van der Waals surface area contributed by atoms with Gasteiger partial charge >= 0.3 is 0 Å². The summed E-state index contributed by atoms with van der Waals surface area (Å²) in [7, 11) is 9.46. The molecule has 0 unspecified atom stereocenters. The Labute approximate surface area is 214 Å². The molecule has 0 saturated carbocycles. The zero-order valence-corrected chi connectivity index (χ0v) is 22.0. The molecule has 192 valence electrons. The topological polar surface area (TPSA) is 79.1 Å². The summed E-state index contributed by atoms with van der Waals surface area (Å²) in [6, 6.07) is 22.2. The second-order valence-electron chi connectivity index (χ2n) is 9.68. The quantitative estimate of drug-likeness (QED) is 0.300. The summed E-state index contributed by atoms with van der Waals surface area (Å²) in [5.41, 5.74) is 4.58. The normalized spacial score (nSPS) is 13.7. The van der Waals surface area contributed by atoms with Crippen LogP contribution in [0.1, 0.15) is 35.4 Å². The Bertz CT molecular complexity index is 1060. The van der Waals surface area contributed by atoms with Crippen molar-refractivity contribution in [2.45, 2.75) is 24.8 Å². The van der Waals surface area contributed by atoms with Gasteiger partial charge in [-0.15, -0.1) is 0 Å². The van der Waals surface area contributed by atoms with Crippen LogP contribution in [-0.2, 0) is 0 Å². The summed E-state index contributed by atoms with van der Waals surface area (Å²) < 4.78 is 5.30. The number of hydrogen-bond donors (Lipinski definition) is 1. The van der Waals surface area contributed by atoms with Crippen LogP contribution in [0.2, 0.25) is 0 Å². The van der Waals surface area contributed by atoms with E-state index < -0.39 is 17.9 Å². The SMILES string of the molecule is COc1ccc([C@@H]([C@H](C)CO)[C@@H](C(c2ccc(N(C)C)cc2)c2ccc(N(C)C)cc2)[N+](=O)[O-])cc1. The van der Waals surface area contributed by atoms with Gasteiger partial charge < -0.3 is 19.6 Å². The molecule has 3 aromatic carbocycles. The van der Waals surface area contributed by atoms with E-state index >= 15 is 0 Å².